The first-order valence-electron chi connectivity index (χ1n) is 13.3. The van der Waals surface area contributed by atoms with E-state index < -0.39 is 76.1 Å². The largest absolute Gasteiger partial charge is 0.382 e. The lowest BCUT2D eigenvalue weighted by molar-refractivity contribution is -0.0451. The third kappa shape index (κ3) is 6.44. The average Bonchev–Trinajstić information content (AvgIpc) is 3.77. The molecule has 2 saturated heterocycles. The normalized spacial score (nSPS) is 29.3. The molecule has 25 heteroatoms. The lowest BCUT2D eigenvalue weighted by atomic mass is 10.1. The fourth-order valence-electron chi connectivity index (χ4n) is 5.01. The van der Waals surface area contributed by atoms with Crippen LogP contribution in [0.2, 0.25) is 0 Å². The number of hydrogen-bond acceptors (Lipinski definition) is 16. The van der Waals surface area contributed by atoms with Gasteiger partial charge in [0.1, 0.15) is 30.2 Å². The molecule has 2 radical (unpaired) electrons. The molecule has 2 unspecified atom stereocenters. The molecule has 0 spiro atoms. The Morgan fingerprint density at radius 1 is 1.11 bits per heavy atom. The molecule has 46 heavy (non-hydrogen) atoms. The first-order valence-corrected chi connectivity index (χ1v) is 17.5. The first kappa shape index (κ1) is 32.9. The lowest BCUT2D eigenvalue weighted by Crippen LogP contribution is -2.34. The number of imidazole rings is 2. The summed E-state index contributed by atoms with van der Waals surface area (Å²) in [4.78, 5) is 45.3. The van der Waals surface area contributed by atoms with E-state index in [0.717, 1.165) is 13.4 Å². The van der Waals surface area contributed by atoms with E-state index in [1.54, 1.807) is 0 Å². The average molecular weight is 704 g/mol. The summed E-state index contributed by atoms with van der Waals surface area (Å²) >= 11 is 5.14. The van der Waals surface area contributed by atoms with Crippen LogP contribution in [0.15, 0.2) is 23.8 Å². The first-order chi connectivity index (χ1) is 21.8. The molecule has 0 amide bonds. The summed E-state index contributed by atoms with van der Waals surface area (Å²) < 4.78 is 77.9. The third-order valence-corrected chi connectivity index (χ3v) is 9.71. The minimum absolute atomic E-state index is 0.000526. The molecular weight excluding hydrogens is 679 g/mol. The Balaban J connectivity index is 1.16. The Labute approximate surface area is 263 Å². The van der Waals surface area contributed by atoms with Gasteiger partial charge in [0.2, 0.25) is 13.5 Å². The van der Waals surface area contributed by atoms with Crippen molar-refractivity contribution in [3.63, 3.8) is 0 Å². The van der Waals surface area contributed by atoms with Gasteiger partial charge in [0.15, 0.2) is 41.3 Å². The van der Waals surface area contributed by atoms with E-state index in [4.69, 9.17) is 53.9 Å². The van der Waals surface area contributed by atoms with Gasteiger partial charge >= 0.3 is 6.72 Å². The number of nitrogens with zero attached hydrogens (tertiary/aromatic N) is 7. The minimum Gasteiger partial charge on any atom is -0.382 e. The van der Waals surface area contributed by atoms with Gasteiger partial charge < -0.3 is 39.4 Å². The molecule has 2 aliphatic rings. The van der Waals surface area contributed by atoms with Crippen molar-refractivity contribution in [2.24, 2.45) is 0 Å². The van der Waals surface area contributed by atoms with Crippen LogP contribution in [0.4, 0.5) is 20.5 Å². The van der Waals surface area contributed by atoms with Gasteiger partial charge in [-0.15, -0.1) is 0 Å². The van der Waals surface area contributed by atoms with Crippen molar-refractivity contribution in [1.29, 1.82) is 0 Å². The van der Waals surface area contributed by atoms with Crippen molar-refractivity contribution >= 4 is 67.7 Å². The van der Waals surface area contributed by atoms with E-state index in [-0.39, 0.29) is 40.5 Å². The predicted octanol–water partition coefficient (Wildman–Crippen LogP) is 0.543. The highest BCUT2D eigenvalue weighted by atomic mass is 32.5. The lowest BCUT2D eigenvalue weighted by Gasteiger charge is -2.26. The van der Waals surface area contributed by atoms with Crippen LogP contribution in [0.25, 0.3) is 22.3 Å². The van der Waals surface area contributed by atoms with Crippen molar-refractivity contribution in [2.45, 2.75) is 49.5 Å². The van der Waals surface area contributed by atoms with Crippen LogP contribution < -0.4 is 17.0 Å². The topological polar surface area (TPSA) is 252 Å². The van der Waals surface area contributed by atoms with Crippen molar-refractivity contribution in [1.82, 2.24) is 39.0 Å². The quantitative estimate of drug-likeness (QED) is 0.123. The van der Waals surface area contributed by atoms with Crippen LogP contribution in [0.3, 0.4) is 0 Å². The number of aromatic amines is 1. The van der Waals surface area contributed by atoms with E-state index in [0.29, 0.717) is 0 Å². The number of aromatic nitrogens is 8. The molecule has 246 valence electrons. The highest BCUT2D eigenvalue weighted by Crippen LogP contribution is 2.51. The van der Waals surface area contributed by atoms with Crippen LogP contribution in [0, 0.1) is 0 Å². The molecule has 9 atom stereocenters. The number of nitrogens with two attached hydrogens (primary N) is 2. The Hall–Kier alpha value is -2.98. The number of nitrogens with one attached hydrogen (secondary N) is 1. The zero-order valence-corrected chi connectivity index (χ0v) is 26.1. The van der Waals surface area contributed by atoms with Crippen molar-refractivity contribution < 1.29 is 45.8 Å². The number of hydrogen-bond donors (Lipinski definition) is 4. The molecule has 0 bridgehead atoms. The Morgan fingerprint density at radius 2 is 1.83 bits per heavy atom. The number of halogens is 2. The maximum Gasteiger partial charge on any atom is 0.325 e. The summed E-state index contributed by atoms with van der Waals surface area (Å²) in [5.41, 5.74) is 11.1. The molecule has 4 aromatic rings. The summed E-state index contributed by atoms with van der Waals surface area (Å²) in [5, 5.41) is 0. The molecule has 0 aromatic carbocycles. The number of nitrogen functional groups attached to an aromatic ring is 2. The second-order valence-electron chi connectivity index (χ2n) is 10.1. The predicted molar refractivity (Wildman–Crippen MR) is 158 cm³/mol. The number of ether oxygens (including phenoxy) is 2. The van der Waals surface area contributed by atoms with Crippen LogP contribution in [0.5, 0.6) is 0 Å². The number of anilines is 2. The summed E-state index contributed by atoms with van der Waals surface area (Å²) in [7, 11) is 2.46. The standard InChI is InChI=1S/C21H25BF2N10O9P2S/c1-38-44(22,36)39-4-10-14(11(24)20(42-10)33-6-29-12-15(25)27-5-28-16(12)33)43-45(37,46)40-3-8-2-9(23)19(41-8)34-7-30-13-17(34)31-21(26)32-18(13)35/h5-11,14,19-20H,2-4H2,1H3,(H,37,46)(H2,25,27,28)(H3,26,31,32,35)/t8-,9+,10+,11+,14+,19+,20+,44?,45?/m0/s1. The van der Waals surface area contributed by atoms with E-state index in [1.165, 1.54) is 21.8 Å². The molecule has 6 N–H and O–H groups in total. The van der Waals surface area contributed by atoms with Crippen LogP contribution >= 0.6 is 14.2 Å². The molecule has 19 nitrogen and oxygen atoms in total. The van der Waals surface area contributed by atoms with Gasteiger partial charge in [-0.2, -0.15) is 4.98 Å². The van der Waals surface area contributed by atoms with E-state index in [1.807, 2.05) is 0 Å². The molecule has 0 aliphatic carbocycles. The molecule has 2 fully saturated rings. The number of fused-ring (bicyclic) bond motifs is 2. The molecule has 2 aliphatic heterocycles. The summed E-state index contributed by atoms with van der Waals surface area (Å²) in [5.74, 6) is -0.163. The minimum atomic E-state index is -4.29. The number of alkyl halides is 2. The van der Waals surface area contributed by atoms with Gasteiger partial charge in [-0.3, -0.25) is 28.0 Å². The Bertz CT molecular complexity index is 1920. The third-order valence-electron chi connectivity index (χ3n) is 7.13. The fraction of sp³-hybridized carbons (Fsp3) is 0.524. The van der Waals surface area contributed by atoms with Crippen LogP contribution in [0.1, 0.15) is 18.9 Å². The van der Waals surface area contributed by atoms with Crippen molar-refractivity contribution in [3.05, 3.63) is 29.3 Å². The van der Waals surface area contributed by atoms with E-state index >= 15 is 8.78 Å². The molecular formula is C21H25BF2N10O9P2S. The Morgan fingerprint density at radius 3 is 2.57 bits per heavy atom. The van der Waals surface area contributed by atoms with Gasteiger partial charge in [-0.25, -0.2) is 28.7 Å². The molecule has 0 saturated carbocycles. The molecule has 6 heterocycles. The number of H-pyrrole nitrogens is 1. The monoisotopic (exact) mass is 704 g/mol. The SMILES string of the molecule is [B]P(=O)(OC)OC[C@H]1O[C@@H](n2cnc3c(N)ncnc32)[C@H](F)[C@@H]1OP(O)(=S)OC[C@@H]1C[C@@H](F)[C@H](n2cnc3c(=O)[nH]c(N)nc32)O1. The highest BCUT2D eigenvalue weighted by molar-refractivity contribution is 8.07. The van der Waals surface area contributed by atoms with Gasteiger partial charge in [0, 0.05) is 13.5 Å². The fourth-order valence-corrected chi connectivity index (χ4v) is 6.92. The van der Waals surface area contributed by atoms with Crippen molar-refractivity contribution in [3.8, 4) is 0 Å². The highest BCUT2D eigenvalue weighted by Gasteiger charge is 2.50. The second kappa shape index (κ2) is 12.6. The zero-order chi connectivity index (χ0) is 33.0. The van der Waals surface area contributed by atoms with Gasteiger partial charge in [-0.05, 0) is 11.8 Å². The van der Waals surface area contributed by atoms with Gasteiger partial charge in [0.25, 0.3) is 13.0 Å². The van der Waals surface area contributed by atoms with E-state index in [2.05, 4.69) is 34.4 Å². The van der Waals surface area contributed by atoms with E-state index in [9.17, 15) is 14.3 Å². The zero-order valence-electron chi connectivity index (χ0n) is 23.5. The van der Waals surface area contributed by atoms with Crippen LogP contribution in [-0.4, -0.2) is 102 Å². The van der Waals surface area contributed by atoms with Crippen molar-refractivity contribution in [2.75, 3.05) is 31.8 Å². The smallest absolute Gasteiger partial charge is 0.325 e. The molecule has 6 rings (SSSR count). The summed E-state index contributed by atoms with van der Waals surface area (Å²) in [6, 6.07) is 0. The number of rotatable bonds is 11. The second-order valence-corrected chi connectivity index (χ2v) is 14.6. The summed E-state index contributed by atoms with van der Waals surface area (Å²) in [6.45, 7) is -5.37. The maximum absolute atomic E-state index is 16.0. The van der Waals surface area contributed by atoms with Gasteiger partial charge in [-0.1, -0.05) is 0 Å². The molecule has 4 aromatic heterocycles. The summed E-state index contributed by atoms with van der Waals surface area (Å²) in [6.07, 6.45) is -7.04. The van der Waals surface area contributed by atoms with Crippen LogP contribution in [-0.2, 0) is 43.9 Å². The van der Waals surface area contributed by atoms with Gasteiger partial charge in [0.05, 0.1) is 32.0 Å². The Kier molecular flexibility index (Phi) is 9.00. The maximum atomic E-state index is 16.0.